The number of aromatic nitrogens is 3. The summed E-state index contributed by atoms with van der Waals surface area (Å²) < 4.78 is 1.70. The number of benzene rings is 1. The van der Waals surface area contributed by atoms with E-state index in [2.05, 4.69) is 10.1 Å². The standard InChI is InChI=1S/C11H10N4/c1-15-11(9-5-3-2-4-6-9)13-10(14-15)7-8-12/h2-6H,7H2,1H3. The molecule has 0 saturated carbocycles. The molecule has 0 aliphatic rings. The second-order valence-electron chi connectivity index (χ2n) is 3.18. The largest absolute Gasteiger partial charge is 0.249 e. The van der Waals surface area contributed by atoms with E-state index in [0.717, 1.165) is 11.4 Å². The van der Waals surface area contributed by atoms with Gasteiger partial charge in [-0.05, 0) is 0 Å². The molecule has 4 heteroatoms. The number of nitriles is 1. The lowest BCUT2D eigenvalue weighted by molar-refractivity contribution is 0.759. The maximum atomic E-state index is 8.55. The fourth-order valence-electron chi connectivity index (χ4n) is 1.42. The Morgan fingerprint density at radius 3 is 2.73 bits per heavy atom. The predicted octanol–water partition coefficient (Wildman–Crippen LogP) is 1.55. The minimum absolute atomic E-state index is 0.251. The Hall–Kier alpha value is -2.15. The van der Waals surface area contributed by atoms with Gasteiger partial charge in [-0.1, -0.05) is 30.3 Å². The van der Waals surface area contributed by atoms with E-state index < -0.39 is 0 Å². The molecule has 4 nitrogen and oxygen atoms in total. The van der Waals surface area contributed by atoms with Gasteiger partial charge in [0.1, 0.15) is 0 Å². The van der Waals surface area contributed by atoms with Crippen molar-refractivity contribution in [3.05, 3.63) is 36.2 Å². The van der Waals surface area contributed by atoms with Crippen molar-refractivity contribution in [3.8, 4) is 17.5 Å². The molecule has 2 aromatic rings. The third kappa shape index (κ3) is 1.86. The predicted molar refractivity (Wildman–Crippen MR) is 55.8 cm³/mol. The molecule has 0 spiro atoms. The van der Waals surface area contributed by atoms with E-state index in [1.807, 2.05) is 43.4 Å². The maximum Gasteiger partial charge on any atom is 0.165 e. The monoisotopic (exact) mass is 198 g/mol. The van der Waals surface area contributed by atoms with Crippen molar-refractivity contribution in [3.63, 3.8) is 0 Å². The smallest absolute Gasteiger partial charge is 0.165 e. The third-order valence-electron chi connectivity index (χ3n) is 2.08. The van der Waals surface area contributed by atoms with Crippen molar-refractivity contribution in [2.75, 3.05) is 0 Å². The molecule has 2 rings (SSSR count). The Bertz CT molecular complexity index is 493. The third-order valence-corrected chi connectivity index (χ3v) is 2.08. The zero-order valence-corrected chi connectivity index (χ0v) is 8.38. The van der Waals surface area contributed by atoms with Crippen molar-refractivity contribution in [2.45, 2.75) is 6.42 Å². The van der Waals surface area contributed by atoms with E-state index in [4.69, 9.17) is 5.26 Å². The van der Waals surface area contributed by atoms with E-state index in [1.54, 1.807) is 4.68 Å². The van der Waals surface area contributed by atoms with Gasteiger partial charge in [0.15, 0.2) is 11.6 Å². The van der Waals surface area contributed by atoms with Crippen LogP contribution in [0.1, 0.15) is 5.82 Å². The molecule has 0 bridgehead atoms. The molecule has 1 aromatic heterocycles. The minimum atomic E-state index is 0.251. The average Bonchev–Trinajstić information content (AvgIpc) is 2.61. The van der Waals surface area contributed by atoms with Crippen LogP contribution in [0.5, 0.6) is 0 Å². The molecule has 0 radical (unpaired) electrons. The molecule has 1 aromatic carbocycles. The van der Waals surface area contributed by atoms with Crippen molar-refractivity contribution < 1.29 is 0 Å². The lowest BCUT2D eigenvalue weighted by Gasteiger charge is -1.97. The van der Waals surface area contributed by atoms with Crippen LogP contribution in [0.4, 0.5) is 0 Å². The zero-order valence-electron chi connectivity index (χ0n) is 8.38. The maximum absolute atomic E-state index is 8.55. The summed E-state index contributed by atoms with van der Waals surface area (Å²) in [6.45, 7) is 0. The molecule has 15 heavy (non-hydrogen) atoms. The zero-order chi connectivity index (χ0) is 10.7. The number of rotatable bonds is 2. The number of hydrogen-bond donors (Lipinski definition) is 0. The molecule has 0 aliphatic carbocycles. The highest BCUT2D eigenvalue weighted by Gasteiger charge is 2.07. The highest BCUT2D eigenvalue weighted by Crippen LogP contribution is 2.15. The molecular weight excluding hydrogens is 188 g/mol. The van der Waals surface area contributed by atoms with Gasteiger partial charge in [0.05, 0.1) is 12.5 Å². The summed E-state index contributed by atoms with van der Waals surface area (Å²) in [6.07, 6.45) is 0.251. The quantitative estimate of drug-likeness (QED) is 0.735. The Balaban J connectivity index is 2.42. The Labute approximate surface area is 87.8 Å². The Morgan fingerprint density at radius 2 is 2.07 bits per heavy atom. The average molecular weight is 198 g/mol. The molecule has 0 N–H and O–H groups in total. The summed E-state index contributed by atoms with van der Waals surface area (Å²) in [4.78, 5) is 4.30. The van der Waals surface area contributed by atoms with Crippen LogP contribution in [-0.2, 0) is 13.5 Å². The van der Waals surface area contributed by atoms with Gasteiger partial charge in [0.25, 0.3) is 0 Å². The van der Waals surface area contributed by atoms with Crippen LogP contribution in [0.3, 0.4) is 0 Å². The molecule has 0 amide bonds. The molecule has 74 valence electrons. The van der Waals surface area contributed by atoms with E-state index in [-0.39, 0.29) is 6.42 Å². The van der Waals surface area contributed by atoms with Crippen LogP contribution >= 0.6 is 0 Å². The molecule has 0 unspecified atom stereocenters. The van der Waals surface area contributed by atoms with Crippen molar-refractivity contribution in [1.29, 1.82) is 5.26 Å². The van der Waals surface area contributed by atoms with Gasteiger partial charge in [0, 0.05) is 12.6 Å². The summed E-state index contributed by atoms with van der Waals surface area (Å²) in [5.41, 5.74) is 1.01. The fourth-order valence-corrected chi connectivity index (χ4v) is 1.42. The van der Waals surface area contributed by atoms with Gasteiger partial charge in [0.2, 0.25) is 0 Å². The molecule has 0 aliphatic heterocycles. The number of aryl methyl sites for hydroxylation is 1. The molecule has 0 atom stereocenters. The Morgan fingerprint density at radius 1 is 1.33 bits per heavy atom. The second-order valence-corrected chi connectivity index (χ2v) is 3.18. The highest BCUT2D eigenvalue weighted by atomic mass is 15.3. The lowest BCUT2D eigenvalue weighted by Crippen LogP contribution is -1.94. The Kier molecular flexibility index (Phi) is 2.46. The first-order valence-corrected chi connectivity index (χ1v) is 4.63. The lowest BCUT2D eigenvalue weighted by atomic mass is 10.2. The van der Waals surface area contributed by atoms with Crippen LogP contribution in [-0.4, -0.2) is 14.8 Å². The van der Waals surface area contributed by atoms with Crippen LogP contribution in [0.2, 0.25) is 0 Å². The normalized spacial score (nSPS) is 9.87. The molecule has 0 saturated heterocycles. The summed E-state index contributed by atoms with van der Waals surface area (Å²) in [5.74, 6) is 1.36. The van der Waals surface area contributed by atoms with E-state index >= 15 is 0 Å². The van der Waals surface area contributed by atoms with Crippen LogP contribution in [0.15, 0.2) is 30.3 Å². The summed E-state index contributed by atoms with van der Waals surface area (Å²) >= 11 is 0. The second kappa shape index (κ2) is 3.93. The van der Waals surface area contributed by atoms with Gasteiger partial charge < -0.3 is 0 Å². The topological polar surface area (TPSA) is 54.5 Å². The molecule has 0 fully saturated rings. The van der Waals surface area contributed by atoms with Gasteiger partial charge in [-0.15, -0.1) is 0 Å². The van der Waals surface area contributed by atoms with Crippen molar-refractivity contribution in [2.24, 2.45) is 7.05 Å². The fraction of sp³-hybridized carbons (Fsp3) is 0.182. The van der Waals surface area contributed by atoms with E-state index in [9.17, 15) is 0 Å². The first kappa shape index (κ1) is 9.41. The molecular formula is C11H10N4. The number of hydrogen-bond acceptors (Lipinski definition) is 3. The van der Waals surface area contributed by atoms with Gasteiger partial charge in [-0.2, -0.15) is 10.4 Å². The SMILES string of the molecule is Cn1nc(CC#N)nc1-c1ccccc1. The first-order valence-electron chi connectivity index (χ1n) is 4.63. The summed E-state index contributed by atoms with van der Waals surface area (Å²) in [7, 11) is 1.83. The number of nitrogens with zero attached hydrogens (tertiary/aromatic N) is 4. The summed E-state index contributed by atoms with van der Waals surface area (Å²) in [6, 6.07) is 11.8. The summed E-state index contributed by atoms with van der Waals surface area (Å²) in [5, 5.41) is 12.7. The van der Waals surface area contributed by atoms with E-state index in [0.29, 0.717) is 5.82 Å². The van der Waals surface area contributed by atoms with Crippen molar-refractivity contribution in [1.82, 2.24) is 14.8 Å². The first-order chi connectivity index (χ1) is 7.31. The molecule has 1 heterocycles. The van der Waals surface area contributed by atoms with Crippen LogP contribution in [0, 0.1) is 11.3 Å². The van der Waals surface area contributed by atoms with Crippen molar-refractivity contribution >= 4 is 0 Å². The van der Waals surface area contributed by atoms with E-state index in [1.165, 1.54) is 0 Å². The van der Waals surface area contributed by atoms with Crippen LogP contribution in [0.25, 0.3) is 11.4 Å². The van der Waals surface area contributed by atoms with Crippen LogP contribution < -0.4 is 0 Å². The van der Waals surface area contributed by atoms with Gasteiger partial charge >= 0.3 is 0 Å². The van der Waals surface area contributed by atoms with Gasteiger partial charge in [-0.25, -0.2) is 9.67 Å². The minimum Gasteiger partial charge on any atom is -0.249 e. The highest BCUT2D eigenvalue weighted by molar-refractivity contribution is 5.54. The van der Waals surface area contributed by atoms with Gasteiger partial charge in [-0.3, -0.25) is 0 Å².